The average Bonchev–Trinajstić information content (AvgIpc) is 2.35. The van der Waals surface area contributed by atoms with Crippen LogP contribution in [0.4, 0.5) is 0 Å². The largest absolute Gasteiger partial charge is 0.271 e. The lowest BCUT2D eigenvalue weighted by Crippen LogP contribution is -2.42. The number of carbonyl (C=O) groups is 1. The Morgan fingerprint density at radius 2 is 2.38 bits per heavy atom. The molecule has 1 aliphatic heterocycles. The average molecular weight is 229 g/mol. The van der Waals surface area contributed by atoms with Gasteiger partial charge in [0, 0.05) is 5.88 Å². The third-order valence-electron chi connectivity index (χ3n) is 1.41. The normalized spacial score (nSPS) is 23.2. The van der Waals surface area contributed by atoms with Crippen LogP contribution < -0.4 is 10.2 Å². The summed E-state index contributed by atoms with van der Waals surface area (Å²) in [6, 6.07) is -0.840. The molecule has 8 heteroatoms. The molecule has 1 fully saturated rings. The van der Waals surface area contributed by atoms with E-state index >= 15 is 0 Å². The molecule has 1 heterocycles. The summed E-state index contributed by atoms with van der Waals surface area (Å²) in [6.07, 6.45) is 0. The maximum atomic E-state index is 11.1. The minimum Gasteiger partial charge on any atom is -0.271 e. The number of sulfonamides is 1. The Kier molecular flexibility index (Phi) is 3.48. The summed E-state index contributed by atoms with van der Waals surface area (Å²) < 4.78 is 24.4. The predicted octanol–water partition coefficient (Wildman–Crippen LogP) is -1.43. The molecule has 0 bridgehead atoms. The van der Waals surface area contributed by atoms with E-state index in [-0.39, 0.29) is 18.2 Å². The third-order valence-corrected chi connectivity index (χ3v) is 3.21. The van der Waals surface area contributed by atoms with Gasteiger partial charge in [0.1, 0.15) is 12.6 Å². The number of amides is 1. The number of rotatable bonds is 4. The number of halogens is 1. The maximum Gasteiger partial charge on any atom is 0.264 e. The van der Waals surface area contributed by atoms with Gasteiger partial charge in [-0.1, -0.05) is 0 Å². The molecule has 1 rings (SSSR count). The highest BCUT2D eigenvalue weighted by Crippen LogP contribution is 1.97. The van der Waals surface area contributed by atoms with Crippen LogP contribution in [0.15, 0.2) is 0 Å². The van der Waals surface area contributed by atoms with Crippen molar-refractivity contribution in [3.63, 3.8) is 0 Å². The Bertz CT molecular complexity index is 291. The summed E-state index contributed by atoms with van der Waals surface area (Å²) in [5.74, 6) is -0.707. The second-order valence-electron chi connectivity index (χ2n) is 2.46. The zero-order valence-corrected chi connectivity index (χ0v) is 8.19. The van der Waals surface area contributed by atoms with Crippen LogP contribution in [0.3, 0.4) is 0 Å². The van der Waals surface area contributed by atoms with E-state index in [0.717, 1.165) is 0 Å². The van der Waals surface area contributed by atoms with Crippen molar-refractivity contribution < 1.29 is 18.0 Å². The van der Waals surface area contributed by atoms with E-state index in [2.05, 4.69) is 9.56 Å². The Morgan fingerprint density at radius 3 is 2.85 bits per heavy atom. The molecule has 1 atom stereocenters. The fourth-order valence-electron chi connectivity index (χ4n) is 0.808. The van der Waals surface area contributed by atoms with Crippen LogP contribution in [0.5, 0.6) is 0 Å². The van der Waals surface area contributed by atoms with Crippen molar-refractivity contribution >= 4 is 27.5 Å². The third kappa shape index (κ3) is 3.11. The van der Waals surface area contributed by atoms with Crippen molar-refractivity contribution in [3.8, 4) is 0 Å². The van der Waals surface area contributed by atoms with Gasteiger partial charge in [0.15, 0.2) is 0 Å². The number of hydrogen-bond acceptors (Lipinski definition) is 4. The number of hydroxylamine groups is 1. The summed E-state index contributed by atoms with van der Waals surface area (Å²) in [4.78, 5) is 15.4. The Labute approximate surface area is 80.6 Å². The van der Waals surface area contributed by atoms with Crippen molar-refractivity contribution in [3.05, 3.63) is 0 Å². The van der Waals surface area contributed by atoms with E-state index in [1.54, 1.807) is 0 Å². The van der Waals surface area contributed by atoms with E-state index in [1.165, 1.54) is 0 Å². The zero-order valence-electron chi connectivity index (χ0n) is 6.62. The first-order chi connectivity index (χ1) is 6.05. The summed E-state index contributed by atoms with van der Waals surface area (Å²) in [6.45, 7) is 0.000346. The smallest absolute Gasteiger partial charge is 0.264 e. The second-order valence-corrected chi connectivity index (χ2v) is 4.71. The topological polar surface area (TPSA) is 84.5 Å². The predicted molar refractivity (Wildman–Crippen MR) is 45.5 cm³/mol. The minimum absolute atomic E-state index is 0.000346. The summed E-state index contributed by atoms with van der Waals surface area (Å²) in [5.41, 5.74) is 2.04. The highest BCUT2D eigenvalue weighted by atomic mass is 35.5. The van der Waals surface area contributed by atoms with Gasteiger partial charge >= 0.3 is 0 Å². The maximum absolute atomic E-state index is 11.1. The lowest BCUT2D eigenvalue weighted by Gasteiger charge is -2.07. The number of nitrogens with one attached hydrogen (secondary N) is 2. The van der Waals surface area contributed by atoms with Gasteiger partial charge in [-0.3, -0.25) is 9.63 Å². The molecule has 0 aromatic heterocycles. The lowest BCUT2D eigenvalue weighted by atomic mass is 10.3. The molecule has 6 nitrogen and oxygen atoms in total. The van der Waals surface area contributed by atoms with Gasteiger partial charge < -0.3 is 0 Å². The van der Waals surface area contributed by atoms with E-state index in [1.807, 2.05) is 5.48 Å². The molecule has 0 spiro atoms. The first-order valence-electron chi connectivity index (χ1n) is 3.53. The fourth-order valence-corrected chi connectivity index (χ4v) is 2.35. The molecule has 0 radical (unpaired) electrons. The molecule has 76 valence electrons. The highest BCUT2D eigenvalue weighted by molar-refractivity contribution is 7.89. The molecule has 0 aromatic rings. The van der Waals surface area contributed by atoms with Crippen molar-refractivity contribution in [1.82, 2.24) is 10.2 Å². The number of alkyl halides is 1. The van der Waals surface area contributed by atoms with Gasteiger partial charge in [0.2, 0.25) is 10.0 Å². The quantitative estimate of drug-likeness (QED) is 0.578. The van der Waals surface area contributed by atoms with E-state index in [4.69, 9.17) is 11.6 Å². The fraction of sp³-hybridized carbons (Fsp3) is 0.800. The Balaban J connectivity index is 2.52. The molecule has 1 aliphatic rings. The standard InChI is InChI=1S/C5H9ClN2O4S/c6-1-2-13(10,11)8-4-3-12-7-5(4)9/h4,8H,1-3H2,(H,7,9)/t4-/m1/s1. The first kappa shape index (κ1) is 10.7. The van der Waals surface area contributed by atoms with Gasteiger partial charge in [-0.05, 0) is 0 Å². The van der Waals surface area contributed by atoms with E-state index in [0.29, 0.717) is 0 Å². The molecular weight excluding hydrogens is 220 g/mol. The molecule has 1 saturated heterocycles. The summed E-state index contributed by atoms with van der Waals surface area (Å²) in [7, 11) is -3.47. The van der Waals surface area contributed by atoms with Crippen LogP contribution in [0.1, 0.15) is 0 Å². The Morgan fingerprint density at radius 1 is 1.69 bits per heavy atom. The van der Waals surface area contributed by atoms with Crippen molar-refractivity contribution in [1.29, 1.82) is 0 Å². The first-order valence-corrected chi connectivity index (χ1v) is 5.71. The van der Waals surface area contributed by atoms with Gasteiger partial charge in [-0.25, -0.2) is 18.6 Å². The van der Waals surface area contributed by atoms with E-state index in [9.17, 15) is 13.2 Å². The molecule has 0 saturated carbocycles. The van der Waals surface area contributed by atoms with Crippen molar-refractivity contribution in [2.24, 2.45) is 0 Å². The molecule has 0 aliphatic carbocycles. The van der Waals surface area contributed by atoms with Crippen LogP contribution in [-0.4, -0.2) is 38.6 Å². The molecule has 0 unspecified atom stereocenters. The summed E-state index contributed by atoms with van der Waals surface area (Å²) >= 11 is 5.26. The monoisotopic (exact) mass is 228 g/mol. The minimum atomic E-state index is -3.47. The zero-order chi connectivity index (χ0) is 9.90. The van der Waals surface area contributed by atoms with Gasteiger partial charge in [0.25, 0.3) is 5.91 Å². The summed E-state index contributed by atoms with van der Waals surface area (Å²) in [5, 5.41) is 0. The van der Waals surface area contributed by atoms with Gasteiger partial charge in [-0.2, -0.15) is 0 Å². The molecular formula is C5H9ClN2O4S. The molecule has 0 aromatic carbocycles. The van der Waals surface area contributed by atoms with Gasteiger partial charge in [-0.15, -0.1) is 11.6 Å². The van der Waals surface area contributed by atoms with Crippen LogP contribution in [-0.2, 0) is 19.7 Å². The molecule has 2 N–H and O–H groups in total. The van der Waals surface area contributed by atoms with Crippen molar-refractivity contribution in [2.45, 2.75) is 6.04 Å². The second kappa shape index (κ2) is 4.23. The van der Waals surface area contributed by atoms with Crippen LogP contribution in [0.25, 0.3) is 0 Å². The molecule has 13 heavy (non-hydrogen) atoms. The van der Waals surface area contributed by atoms with Crippen LogP contribution in [0.2, 0.25) is 0 Å². The Hall–Kier alpha value is -0.370. The highest BCUT2D eigenvalue weighted by Gasteiger charge is 2.29. The van der Waals surface area contributed by atoms with E-state index < -0.39 is 22.0 Å². The van der Waals surface area contributed by atoms with Crippen molar-refractivity contribution in [2.75, 3.05) is 18.2 Å². The van der Waals surface area contributed by atoms with Gasteiger partial charge in [0.05, 0.1) is 5.75 Å². The molecule has 1 amide bonds. The lowest BCUT2D eigenvalue weighted by molar-refractivity contribution is -0.124. The number of hydrogen-bond donors (Lipinski definition) is 2. The number of carbonyl (C=O) groups excluding carboxylic acids is 1. The van der Waals surface area contributed by atoms with Crippen LogP contribution >= 0.6 is 11.6 Å². The SMILES string of the molecule is O=C1NOC[C@H]1NS(=O)(=O)CCCl. The van der Waals surface area contributed by atoms with Crippen LogP contribution in [0, 0.1) is 0 Å².